The van der Waals surface area contributed by atoms with E-state index in [0.717, 1.165) is 59.7 Å². The van der Waals surface area contributed by atoms with Crippen LogP contribution in [0.2, 0.25) is 0 Å². The van der Waals surface area contributed by atoms with E-state index >= 15 is 0 Å². The molecule has 0 bridgehead atoms. The molecule has 3 heterocycles. The summed E-state index contributed by atoms with van der Waals surface area (Å²) in [7, 11) is 3.93. The normalized spacial score (nSPS) is 15.4. The minimum atomic E-state index is -0.0420. The maximum atomic E-state index is 11.9. The third kappa shape index (κ3) is 3.86. The molecule has 2 aromatic carbocycles. The monoisotopic (exact) mass is 414 g/mol. The van der Waals surface area contributed by atoms with Crippen LogP contribution in [0.5, 0.6) is 11.5 Å². The Morgan fingerprint density at radius 3 is 2.52 bits per heavy atom. The third-order valence-corrected chi connectivity index (χ3v) is 6.09. The van der Waals surface area contributed by atoms with Crippen molar-refractivity contribution >= 4 is 11.0 Å². The lowest BCUT2D eigenvalue weighted by Crippen LogP contribution is -2.29. The number of fused-ring (bicyclic) bond motifs is 1. The first kappa shape index (κ1) is 19.6. The molecule has 1 aliphatic rings. The molecule has 0 aliphatic carbocycles. The van der Waals surface area contributed by atoms with Gasteiger partial charge in [0.15, 0.2) is 5.75 Å². The molecule has 158 valence electrons. The Kier molecular flexibility index (Phi) is 5.08. The SMILES string of the molecule is CN1CCC(c2nc3c(Oc4ccccc4)c(-c4ccc(=O)n(C)c4)ccc3[nH]2)CC1. The van der Waals surface area contributed by atoms with Crippen LogP contribution in [0.4, 0.5) is 0 Å². The topological polar surface area (TPSA) is 63.2 Å². The van der Waals surface area contributed by atoms with Gasteiger partial charge in [-0.25, -0.2) is 4.98 Å². The van der Waals surface area contributed by atoms with Crippen molar-refractivity contribution in [2.45, 2.75) is 18.8 Å². The summed E-state index contributed by atoms with van der Waals surface area (Å²) in [6, 6.07) is 17.3. The number of aryl methyl sites for hydroxylation is 1. The first-order chi connectivity index (χ1) is 15.1. The molecule has 6 heteroatoms. The van der Waals surface area contributed by atoms with Crippen LogP contribution >= 0.6 is 0 Å². The van der Waals surface area contributed by atoms with Gasteiger partial charge in [-0.15, -0.1) is 0 Å². The summed E-state index contributed by atoms with van der Waals surface area (Å²) in [4.78, 5) is 22.8. The number of imidazole rings is 1. The molecule has 31 heavy (non-hydrogen) atoms. The number of aromatic amines is 1. The van der Waals surface area contributed by atoms with Gasteiger partial charge in [0.05, 0.1) is 5.52 Å². The maximum absolute atomic E-state index is 11.9. The predicted octanol–water partition coefficient (Wildman–Crippen LogP) is 4.53. The van der Waals surface area contributed by atoms with Crippen LogP contribution in [0, 0.1) is 0 Å². The van der Waals surface area contributed by atoms with Gasteiger partial charge in [0.2, 0.25) is 5.56 Å². The van der Waals surface area contributed by atoms with Crippen LogP contribution in [0.3, 0.4) is 0 Å². The number of H-pyrrole nitrogens is 1. The number of piperidine rings is 1. The zero-order chi connectivity index (χ0) is 21.4. The quantitative estimate of drug-likeness (QED) is 0.533. The average Bonchev–Trinajstić information content (AvgIpc) is 3.22. The molecule has 0 atom stereocenters. The molecule has 5 rings (SSSR count). The average molecular weight is 415 g/mol. The van der Waals surface area contributed by atoms with Crippen molar-refractivity contribution in [3.8, 4) is 22.6 Å². The van der Waals surface area contributed by atoms with Crippen molar-refractivity contribution in [1.82, 2.24) is 19.4 Å². The number of benzene rings is 2. The van der Waals surface area contributed by atoms with E-state index in [0.29, 0.717) is 11.7 Å². The molecule has 1 saturated heterocycles. The van der Waals surface area contributed by atoms with Gasteiger partial charge in [0.1, 0.15) is 17.1 Å². The lowest BCUT2D eigenvalue weighted by atomic mass is 9.97. The number of para-hydroxylation sites is 1. The molecule has 1 N–H and O–H groups in total. The smallest absolute Gasteiger partial charge is 0.250 e. The molecule has 1 fully saturated rings. The first-order valence-corrected chi connectivity index (χ1v) is 10.7. The fraction of sp³-hybridized carbons (Fsp3) is 0.280. The number of nitrogens with one attached hydrogen (secondary N) is 1. The highest BCUT2D eigenvalue weighted by Crippen LogP contribution is 2.39. The summed E-state index contributed by atoms with van der Waals surface area (Å²) in [5.41, 5.74) is 3.57. The number of rotatable bonds is 4. The summed E-state index contributed by atoms with van der Waals surface area (Å²) in [5, 5.41) is 0. The number of nitrogens with zero attached hydrogens (tertiary/aromatic N) is 3. The molecular formula is C25H26N4O2. The van der Waals surface area contributed by atoms with Crippen molar-refractivity contribution < 1.29 is 4.74 Å². The standard InChI is InChI=1S/C25H26N4O2/c1-28-14-12-17(13-15-28)25-26-21-10-9-20(18-8-11-22(30)29(2)16-18)24(23(21)27-25)31-19-6-4-3-5-7-19/h3-11,16-17H,12-15H2,1-2H3,(H,26,27). The van der Waals surface area contributed by atoms with Crippen LogP contribution in [-0.4, -0.2) is 39.6 Å². The van der Waals surface area contributed by atoms with Gasteiger partial charge in [-0.3, -0.25) is 4.79 Å². The lowest BCUT2D eigenvalue weighted by Gasteiger charge is -2.27. The predicted molar refractivity (Wildman–Crippen MR) is 123 cm³/mol. The zero-order valence-corrected chi connectivity index (χ0v) is 17.8. The van der Waals surface area contributed by atoms with Gasteiger partial charge >= 0.3 is 0 Å². The Labute approximate surface area is 181 Å². The fourth-order valence-electron chi connectivity index (χ4n) is 4.24. The molecule has 0 spiro atoms. The summed E-state index contributed by atoms with van der Waals surface area (Å²) < 4.78 is 7.97. The van der Waals surface area contributed by atoms with Gasteiger partial charge in [-0.05, 0) is 63.3 Å². The van der Waals surface area contributed by atoms with E-state index in [1.165, 1.54) is 0 Å². The number of pyridine rings is 1. The highest BCUT2D eigenvalue weighted by Gasteiger charge is 2.23. The molecule has 2 aromatic heterocycles. The van der Waals surface area contributed by atoms with E-state index in [4.69, 9.17) is 9.72 Å². The summed E-state index contributed by atoms with van der Waals surface area (Å²) in [6.07, 6.45) is 4.03. The number of aromatic nitrogens is 3. The number of hydrogen-bond donors (Lipinski definition) is 1. The van der Waals surface area contributed by atoms with Crippen LogP contribution in [0.15, 0.2) is 65.6 Å². The van der Waals surface area contributed by atoms with E-state index in [2.05, 4.69) is 23.0 Å². The van der Waals surface area contributed by atoms with Crippen LogP contribution in [-0.2, 0) is 7.05 Å². The highest BCUT2D eigenvalue weighted by atomic mass is 16.5. The number of ether oxygens (including phenoxy) is 1. The van der Waals surface area contributed by atoms with E-state index in [-0.39, 0.29) is 5.56 Å². The maximum Gasteiger partial charge on any atom is 0.250 e. The van der Waals surface area contributed by atoms with E-state index in [1.807, 2.05) is 48.7 Å². The number of hydrogen-bond acceptors (Lipinski definition) is 4. The Morgan fingerprint density at radius 2 is 1.77 bits per heavy atom. The molecule has 1 aliphatic heterocycles. The highest BCUT2D eigenvalue weighted by molar-refractivity contribution is 5.91. The Hall–Kier alpha value is -3.38. The molecule has 0 radical (unpaired) electrons. The van der Waals surface area contributed by atoms with Crippen molar-refractivity contribution in [1.29, 1.82) is 0 Å². The summed E-state index contributed by atoms with van der Waals surface area (Å²) in [6.45, 7) is 2.16. The van der Waals surface area contributed by atoms with E-state index in [1.54, 1.807) is 17.7 Å². The molecule has 0 saturated carbocycles. The van der Waals surface area contributed by atoms with Crippen LogP contribution in [0.1, 0.15) is 24.6 Å². The summed E-state index contributed by atoms with van der Waals surface area (Å²) >= 11 is 0. The Bertz CT molecular complexity index is 1270. The van der Waals surface area contributed by atoms with Gasteiger partial charge in [-0.2, -0.15) is 0 Å². The van der Waals surface area contributed by atoms with Gasteiger partial charge in [-0.1, -0.05) is 18.2 Å². The first-order valence-electron chi connectivity index (χ1n) is 10.7. The van der Waals surface area contributed by atoms with E-state index < -0.39 is 0 Å². The summed E-state index contributed by atoms with van der Waals surface area (Å²) in [5.74, 6) is 2.91. The molecule has 6 nitrogen and oxygen atoms in total. The largest absolute Gasteiger partial charge is 0.454 e. The van der Waals surface area contributed by atoms with Crippen LogP contribution < -0.4 is 10.3 Å². The minimum Gasteiger partial charge on any atom is -0.454 e. The van der Waals surface area contributed by atoms with E-state index in [9.17, 15) is 4.79 Å². The second-order valence-corrected chi connectivity index (χ2v) is 8.32. The van der Waals surface area contributed by atoms with Gasteiger partial charge in [0.25, 0.3) is 0 Å². The lowest BCUT2D eigenvalue weighted by molar-refractivity contribution is 0.252. The number of likely N-dealkylation sites (tertiary alicyclic amines) is 1. The zero-order valence-electron chi connectivity index (χ0n) is 17.8. The second-order valence-electron chi connectivity index (χ2n) is 8.32. The molecular weight excluding hydrogens is 388 g/mol. The molecule has 0 amide bonds. The Balaban J connectivity index is 1.64. The Morgan fingerprint density at radius 1 is 1.00 bits per heavy atom. The van der Waals surface area contributed by atoms with Crippen molar-refractivity contribution in [2.24, 2.45) is 7.05 Å². The van der Waals surface area contributed by atoms with Gasteiger partial charge in [0, 0.05) is 36.4 Å². The van der Waals surface area contributed by atoms with Crippen LogP contribution in [0.25, 0.3) is 22.2 Å². The fourth-order valence-corrected chi connectivity index (χ4v) is 4.24. The van der Waals surface area contributed by atoms with Crippen molar-refractivity contribution in [3.63, 3.8) is 0 Å². The molecule has 0 unspecified atom stereocenters. The second kappa shape index (κ2) is 8.04. The molecule has 4 aromatic rings. The van der Waals surface area contributed by atoms with Crippen molar-refractivity contribution in [3.05, 3.63) is 77.0 Å². The minimum absolute atomic E-state index is 0.0420. The third-order valence-electron chi connectivity index (χ3n) is 6.09. The van der Waals surface area contributed by atoms with Gasteiger partial charge < -0.3 is 19.2 Å². The van der Waals surface area contributed by atoms with Crippen molar-refractivity contribution in [2.75, 3.05) is 20.1 Å².